The fraction of sp³-hybridized carbons (Fsp3) is 0.720. The summed E-state index contributed by atoms with van der Waals surface area (Å²) in [4.78, 5) is 35.7. The molecule has 38 heavy (non-hydrogen) atoms. The first-order valence-electron chi connectivity index (χ1n) is 12.3. The molecule has 220 valence electrons. The van der Waals surface area contributed by atoms with Crippen LogP contribution < -0.4 is 0 Å². The van der Waals surface area contributed by atoms with Gasteiger partial charge in [0.2, 0.25) is 5.91 Å². The zero-order valence-electron chi connectivity index (χ0n) is 22.8. The van der Waals surface area contributed by atoms with Crippen molar-refractivity contribution >= 4 is 17.8 Å². The first-order valence-corrected chi connectivity index (χ1v) is 12.3. The minimum atomic E-state index is -0.502. The Morgan fingerprint density at radius 3 is 1.45 bits per heavy atom. The predicted molar refractivity (Wildman–Crippen MR) is 135 cm³/mol. The van der Waals surface area contributed by atoms with E-state index >= 15 is 0 Å². The molecule has 2 atom stereocenters. The van der Waals surface area contributed by atoms with Gasteiger partial charge < -0.3 is 47.5 Å². The minimum absolute atomic E-state index is 0.0585. The maximum Gasteiger partial charge on any atom is 0.330 e. The molecule has 0 aliphatic carbocycles. The maximum absolute atomic E-state index is 12.3. The van der Waals surface area contributed by atoms with E-state index in [4.69, 9.17) is 42.6 Å². The fourth-order valence-corrected chi connectivity index (χ4v) is 2.60. The predicted octanol–water partition coefficient (Wildman–Crippen LogP) is 0.711. The van der Waals surface area contributed by atoms with E-state index in [0.717, 1.165) is 12.2 Å². The van der Waals surface area contributed by atoms with Crippen LogP contribution in [0.3, 0.4) is 0 Å². The van der Waals surface area contributed by atoms with Crippen LogP contribution in [0.1, 0.15) is 13.8 Å². The molecule has 2 unspecified atom stereocenters. The Balaban J connectivity index is 4.00. The standard InChI is InChI=1S/C25H43NO12/c1-6-24(28)37-18-14-31-12-16-35-21(3)33-10-8-26(23(27)20-30-5)9-11-34-22(4)36-17-13-32-15-19-38-25(29)7-2/h6-7,21-22H,1-2,8-20H2,3-5H3. The summed E-state index contributed by atoms with van der Waals surface area (Å²) in [5.41, 5.74) is 0. The van der Waals surface area contributed by atoms with Crippen molar-refractivity contribution in [2.45, 2.75) is 26.4 Å². The second-order valence-electron chi connectivity index (χ2n) is 7.40. The van der Waals surface area contributed by atoms with Gasteiger partial charge in [-0.2, -0.15) is 0 Å². The largest absolute Gasteiger partial charge is 0.460 e. The Hall–Kier alpha value is -2.39. The zero-order chi connectivity index (χ0) is 28.4. The Morgan fingerprint density at radius 1 is 0.658 bits per heavy atom. The second-order valence-corrected chi connectivity index (χ2v) is 7.40. The quantitative estimate of drug-likeness (QED) is 0.0650. The van der Waals surface area contributed by atoms with Gasteiger partial charge in [0, 0.05) is 32.4 Å². The van der Waals surface area contributed by atoms with Gasteiger partial charge in [-0.05, 0) is 13.8 Å². The Kier molecular flexibility index (Phi) is 23.4. The van der Waals surface area contributed by atoms with Crippen molar-refractivity contribution in [2.24, 2.45) is 0 Å². The van der Waals surface area contributed by atoms with Gasteiger partial charge in [-0.1, -0.05) is 13.2 Å². The number of carbonyl (C=O) groups excluding carboxylic acids is 3. The van der Waals surface area contributed by atoms with E-state index in [0.29, 0.717) is 39.5 Å². The highest BCUT2D eigenvalue weighted by atomic mass is 16.7. The summed E-state index contributed by atoms with van der Waals surface area (Å²) in [7, 11) is 1.45. The third-order valence-electron chi connectivity index (χ3n) is 4.49. The number of amides is 1. The third kappa shape index (κ3) is 21.7. The highest BCUT2D eigenvalue weighted by Crippen LogP contribution is 2.00. The molecule has 0 heterocycles. The molecule has 0 aromatic rings. The van der Waals surface area contributed by atoms with E-state index in [1.165, 1.54) is 7.11 Å². The van der Waals surface area contributed by atoms with Crippen molar-refractivity contribution in [3.05, 3.63) is 25.3 Å². The van der Waals surface area contributed by atoms with E-state index in [-0.39, 0.29) is 52.2 Å². The Bertz CT molecular complexity index is 614. The lowest BCUT2D eigenvalue weighted by molar-refractivity contribution is -0.157. The molecule has 0 aliphatic heterocycles. The van der Waals surface area contributed by atoms with Gasteiger partial charge in [0.1, 0.15) is 19.8 Å². The van der Waals surface area contributed by atoms with Gasteiger partial charge in [0.25, 0.3) is 0 Å². The number of ether oxygens (including phenoxy) is 9. The summed E-state index contributed by atoms with van der Waals surface area (Å²) < 4.78 is 47.3. The zero-order valence-corrected chi connectivity index (χ0v) is 22.8. The minimum Gasteiger partial charge on any atom is -0.460 e. The summed E-state index contributed by atoms with van der Waals surface area (Å²) >= 11 is 0. The SMILES string of the molecule is C=CC(=O)OCCOCCOC(C)OCCN(CCOC(C)OCCOCCOC(=O)C=C)C(=O)COC. The molecule has 0 saturated heterocycles. The number of rotatable bonds is 26. The van der Waals surface area contributed by atoms with Crippen molar-refractivity contribution < 1.29 is 57.0 Å². The lowest BCUT2D eigenvalue weighted by atomic mass is 10.4. The van der Waals surface area contributed by atoms with E-state index in [9.17, 15) is 14.4 Å². The molecular weight excluding hydrogens is 506 g/mol. The molecule has 0 aromatic heterocycles. The lowest BCUT2D eigenvalue weighted by Crippen LogP contribution is -2.39. The topological polar surface area (TPSA) is 138 Å². The molecule has 13 heteroatoms. The van der Waals surface area contributed by atoms with E-state index in [1.54, 1.807) is 18.7 Å². The first-order chi connectivity index (χ1) is 18.3. The maximum atomic E-state index is 12.3. The number of hydrogen-bond donors (Lipinski definition) is 0. The van der Waals surface area contributed by atoms with Crippen LogP contribution in [0.2, 0.25) is 0 Å². The molecule has 0 spiro atoms. The number of hydrogen-bond acceptors (Lipinski definition) is 12. The number of esters is 2. The van der Waals surface area contributed by atoms with E-state index in [2.05, 4.69) is 13.2 Å². The van der Waals surface area contributed by atoms with Gasteiger partial charge in [-0.25, -0.2) is 9.59 Å². The highest BCUT2D eigenvalue weighted by molar-refractivity contribution is 5.81. The molecule has 0 radical (unpaired) electrons. The summed E-state index contributed by atoms with van der Waals surface area (Å²) in [6.07, 6.45) is 1.17. The molecule has 13 nitrogen and oxygen atoms in total. The number of methoxy groups -OCH3 is 1. The van der Waals surface area contributed by atoms with Gasteiger partial charge >= 0.3 is 11.9 Å². The summed E-state index contributed by atoms with van der Waals surface area (Å²) in [5.74, 6) is -1.19. The average Bonchev–Trinajstić information content (AvgIpc) is 2.90. The first kappa shape index (κ1) is 35.6. The van der Waals surface area contributed by atoms with E-state index < -0.39 is 24.5 Å². The Labute approximate surface area is 224 Å². The lowest BCUT2D eigenvalue weighted by Gasteiger charge is -2.24. The van der Waals surface area contributed by atoms with Crippen molar-refractivity contribution in [1.82, 2.24) is 4.90 Å². The Morgan fingerprint density at radius 2 is 1.05 bits per heavy atom. The van der Waals surface area contributed by atoms with Crippen LogP contribution in [0.15, 0.2) is 25.3 Å². The monoisotopic (exact) mass is 549 g/mol. The van der Waals surface area contributed by atoms with Gasteiger partial charge in [0.05, 0.1) is 52.9 Å². The van der Waals surface area contributed by atoms with Crippen LogP contribution in [0, 0.1) is 0 Å². The number of carbonyl (C=O) groups is 3. The summed E-state index contributed by atoms with van der Waals surface area (Å²) in [6.45, 7) is 13.2. The molecular formula is C25H43NO12. The van der Waals surface area contributed by atoms with E-state index in [1.807, 2.05) is 0 Å². The molecule has 1 amide bonds. The fourth-order valence-electron chi connectivity index (χ4n) is 2.60. The summed E-state index contributed by atoms with van der Waals surface area (Å²) in [6, 6.07) is 0. The normalized spacial score (nSPS) is 12.4. The van der Waals surface area contributed by atoms with Crippen LogP contribution in [0.25, 0.3) is 0 Å². The molecule has 0 saturated carbocycles. The van der Waals surface area contributed by atoms with Crippen LogP contribution in [0.5, 0.6) is 0 Å². The second kappa shape index (κ2) is 24.9. The van der Waals surface area contributed by atoms with Crippen LogP contribution in [-0.2, 0) is 57.0 Å². The van der Waals surface area contributed by atoms with Crippen molar-refractivity contribution in [3.8, 4) is 0 Å². The van der Waals surface area contributed by atoms with Gasteiger partial charge in [-0.15, -0.1) is 0 Å². The van der Waals surface area contributed by atoms with Crippen molar-refractivity contribution in [1.29, 1.82) is 0 Å². The molecule has 0 N–H and O–H groups in total. The number of nitrogens with zero attached hydrogens (tertiary/aromatic N) is 1. The van der Waals surface area contributed by atoms with Gasteiger partial charge in [-0.3, -0.25) is 4.79 Å². The smallest absolute Gasteiger partial charge is 0.330 e. The van der Waals surface area contributed by atoms with Crippen LogP contribution in [-0.4, -0.2) is 128 Å². The molecule has 0 bridgehead atoms. The van der Waals surface area contributed by atoms with Crippen molar-refractivity contribution in [2.75, 3.05) is 92.9 Å². The average molecular weight is 550 g/mol. The van der Waals surface area contributed by atoms with Gasteiger partial charge in [0.15, 0.2) is 12.6 Å². The molecule has 0 aromatic carbocycles. The van der Waals surface area contributed by atoms with Crippen LogP contribution >= 0.6 is 0 Å². The molecule has 0 fully saturated rings. The summed E-state index contributed by atoms with van der Waals surface area (Å²) in [5, 5.41) is 0. The highest BCUT2D eigenvalue weighted by Gasteiger charge is 2.15. The molecule has 0 rings (SSSR count). The molecule has 0 aliphatic rings. The third-order valence-corrected chi connectivity index (χ3v) is 4.49. The van der Waals surface area contributed by atoms with Crippen LogP contribution in [0.4, 0.5) is 0 Å². The van der Waals surface area contributed by atoms with Crippen molar-refractivity contribution in [3.63, 3.8) is 0 Å².